The van der Waals surface area contributed by atoms with Crippen molar-refractivity contribution in [3.8, 4) is 11.5 Å². The number of halogens is 3. The lowest BCUT2D eigenvalue weighted by Crippen LogP contribution is -2.46. The van der Waals surface area contributed by atoms with Gasteiger partial charge >= 0.3 is 12.3 Å². The topological polar surface area (TPSA) is 68.2 Å². The smallest absolute Gasteiger partial charge is 0.468 e. The zero-order valence-corrected chi connectivity index (χ0v) is 14.6. The molecule has 0 unspecified atom stereocenters. The van der Waals surface area contributed by atoms with Crippen LogP contribution in [0.2, 0.25) is 0 Å². The molecular weight excluding hydrogens is 355 g/mol. The molecule has 1 N–H and O–H groups in total. The first-order valence-electron chi connectivity index (χ1n) is 8.13. The molecular formula is C17H22F3NO5. The van der Waals surface area contributed by atoms with Gasteiger partial charge in [-0.25, -0.2) is 4.39 Å². The molecule has 0 spiro atoms. The first-order chi connectivity index (χ1) is 12.4. The van der Waals surface area contributed by atoms with Crippen LogP contribution in [0, 0.1) is 0 Å². The fourth-order valence-corrected chi connectivity index (χ4v) is 3.50. The van der Waals surface area contributed by atoms with Crippen molar-refractivity contribution in [1.82, 2.24) is 4.90 Å². The Morgan fingerprint density at radius 3 is 2.38 bits per heavy atom. The summed E-state index contributed by atoms with van der Waals surface area (Å²) in [4.78, 5) is 13.5. The average Bonchev–Trinajstić information content (AvgIpc) is 3.24. The molecule has 0 radical (unpaired) electrons. The number of rotatable bonds is 1. The number of alkyl halides is 3. The van der Waals surface area contributed by atoms with Crippen LogP contribution in [0.25, 0.3) is 0 Å². The summed E-state index contributed by atoms with van der Waals surface area (Å²) in [6, 6.07) is 6.06. The number of carbonyl (C=O) groups is 1. The van der Waals surface area contributed by atoms with Crippen molar-refractivity contribution in [3.63, 3.8) is 0 Å². The first kappa shape index (κ1) is 20.3. The van der Waals surface area contributed by atoms with E-state index in [4.69, 9.17) is 9.84 Å². The molecule has 6 nitrogen and oxygen atoms in total. The number of ether oxygens (including phenoxy) is 3. The summed E-state index contributed by atoms with van der Waals surface area (Å²) in [5, 5.41) is 7.00. The Morgan fingerprint density at radius 2 is 1.85 bits per heavy atom. The van der Waals surface area contributed by atoms with Crippen molar-refractivity contribution in [2.75, 3.05) is 27.3 Å². The highest BCUT2D eigenvalue weighted by Crippen LogP contribution is 2.41. The van der Waals surface area contributed by atoms with Gasteiger partial charge in [0, 0.05) is 20.1 Å². The summed E-state index contributed by atoms with van der Waals surface area (Å²) >= 11 is 0. The fourth-order valence-electron chi connectivity index (χ4n) is 3.50. The van der Waals surface area contributed by atoms with Gasteiger partial charge in [-0.3, -0.25) is 9.69 Å². The molecule has 2 atom stereocenters. The molecule has 3 aliphatic heterocycles. The van der Waals surface area contributed by atoms with Gasteiger partial charge in [-0.15, -0.1) is 8.78 Å². The number of hydrogen-bond acceptors (Lipinski definition) is 6. The van der Waals surface area contributed by atoms with E-state index < -0.39 is 18.0 Å². The van der Waals surface area contributed by atoms with E-state index in [1.165, 1.54) is 19.2 Å². The van der Waals surface area contributed by atoms with E-state index >= 15 is 0 Å². The number of benzene rings is 1. The summed E-state index contributed by atoms with van der Waals surface area (Å²) in [7, 11) is 2.37. The maximum Gasteiger partial charge on any atom is 0.586 e. The third-order valence-corrected chi connectivity index (χ3v) is 4.47. The van der Waals surface area contributed by atoms with Gasteiger partial charge in [0.05, 0.1) is 7.11 Å². The van der Waals surface area contributed by atoms with Gasteiger partial charge in [0.2, 0.25) is 0 Å². The number of esters is 1. The van der Waals surface area contributed by atoms with Crippen LogP contribution in [-0.2, 0) is 9.53 Å². The summed E-state index contributed by atoms with van der Waals surface area (Å²) < 4.78 is 50.7. The highest BCUT2D eigenvalue weighted by molar-refractivity contribution is 5.81. The van der Waals surface area contributed by atoms with Crippen LogP contribution in [0.5, 0.6) is 11.5 Å². The lowest BCUT2D eigenvalue weighted by atomic mass is 9.94. The van der Waals surface area contributed by atoms with Crippen LogP contribution >= 0.6 is 0 Å². The largest absolute Gasteiger partial charge is 0.586 e. The van der Waals surface area contributed by atoms with E-state index in [1.54, 1.807) is 12.1 Å². The molecule has 1 aromatic carbocycles. The minimum atomic E-state index is -3.50. The van der Waals surface area contributed by atoms with Crippen LogP contribution in [0.4, 0.5) is 13.2 Å². The Bertz CT molecular complexity index is 603. The highest BCUT2D eigenvalue weighted by atomic mass is 19.3. The molecule has 26 heavy (non-hydrogen) atoms. The van der Waals surface area contributed by atoms with Crippen LogP contribution in [-0.4, -0.2) is 61.3 Å². The third-order valence-electron chi connectivity index (χ3n) is 4.47. The lowest BCUT2D eigenvalue weighted by Gasteiger charge is -2.27. The van der Waals surface area contributed by atoms with Crippen molar-refractivity contribution in [1.29, 1.82) is 0 Å². The zero-order chi connectivity index (χ0) is 19.4. The maximum atomic E-state index is 13.1. The van der Waals surface area contributed by atoms with Crippen molar-refractivity contribution >= 4 is 5.97 Å². The molecule has 0 aromatic heterocycles. The second-order valence-electron chi connectivity index (χ2n) is 5.99. The fraction of sp³-hybridized carbons (Fsp3) is 0.588. The van der Waals surface area contributed by atoms with Crippen molar-refractivity contribution in [3.05, 3.63) is 24.3 Å². The quantitative estimate of drug-likeness (QED) is 0.758. The second kappa shape index (κ2) is 8.13. The molecule has 2 fully saturated rings. The molecule has 146 valence electrons. The summed E-state index contributed by atoms with van der Waals surface area (Å²) in [6.07, 6.45) is -2.31. The molecule has 0 amide bonds. The van der Waals surface area contributed by atoms with Crippen LogP contribution in [0.3, 0.4) is 0 Å². The molecule has 4 rings (SSSR count). The number of nitrogens with zero attached hydrogens (tertiary/aromatic N) is 1. The van der Waals surface area contributed by atoms with Gasteiger partial charge in [0.15, 0.2) is 11.5 Å². The predicted molar refractivity (Wildman–Crippen MR) is 85.9 cm³/mol. The Morgan fingerprint density at radius 1 is 1.27 bits per heavy atom. The standard InChI is InChI=1S/C9H14FNO2.C7H4F2O2.CH4O/c1-13-8(12)9-3-2-4-11(9)6-7(10)5-9;8-7(9)10-5-3-1-2-4-6(5)11-7;1-2/h7H,2-6H2,1H3;1-4H;2H,1H3/t7-,9-;;/m0../s1. The Hall–Kier alpha value is -2.00. The number of para-hydroxylation sites is 2. The predicted octanol–water partition coefficient (Wildman–Crippen LogP) is 2.35. The minimum absolute atomic E-state index is 0.0810. The molecule has 3 aliphatic rings. The number of carbonyl (C=O) groups excluding carboxylic acids is 1. The van der Waals surface area contributed by atoms with Crippen molar-refractivity contribution in [2.45, 2.75) is 37.3 Å². The SMILES string of the molecule is CO.COC(=O)[C@@]12CCCN1C[C@@H](F)C2.FC1(F)Oc2ccccc2O1. The number of fused-ring (bicyclic) bond motifs is 2. The molecule has 0 saturated carbocycles. The number of methoxy groups -OCH3 is 1. The Kier molecular flexibility index (Phi) is 6.35. The summed E-state index contributed by atoms with van der Waals surface area (Å²) in [6.45, 7) is 1.23. The van der Waals surface area contributed by atoms with Gasteiger partial charge < -0.3 is 19.3 Å². The Balaban J connectivity index is 0.000000173. The summed E-state index contributed by atoms with van der Waals surface area (Å²) in [5.41, 5.74) is -0.617. The van der Waals surface area contributed by atoms with Gasteiger partial charge in [0.25, 0.3) is 0 Å². The zero-order valence-electron chi connectivity index (χ0n) is 14.6. The van der Waals surface area contributed by atoms with E-state index in [0.717, 1.165) is 26.5 Å². The van der Waals surface area contributed by atoms with E-state index in [1.807, 2.05) is 4.90 Å². The van der Waals surface area contributed by atoms with Crippen molar-refractivity contribution < 1.29 is 37.3 Å². The molecule has 3 heterocycles. The normalized spacial score (nSPS) is 27.5. The van der Waals surface area contributed by atoms with Gasteiger partial charge in [0.1, 0.15) is 11.7 Å². The van der Waals surface area contributed by atoms with Gasteiger partial charge in [-0.05, 0) is 31.5 Å². The first-order valence-corrected chi connectivity index (χ1v) is 8.13. The molecule has 9 heteroatoms. The maximum absolute atomic E-state index is 13.1. The summed E-state index contributed by atoms with van der Waals surface area (Å²) in [5.74, 6) is -0.0971. The number of aliphatic hydroxyl groups excluding tert-OH is 1. The van der Waals surface area contributed by atoms with Gasteiger partial charge in [-0.2, -0.15) is 0 Å². The number of hydrogen-bond donors (Lipinski definition) is 1. The van der Waals surface area contributed by atoms with E-state index in [-0.39, 0.29) is 17.5 Å². The molecule has 0 bridgehead atoms. The average molecular weight is 377 g/mol. The van der Waals surface area contributed by atoms with Crippen LogP contribution < -0.4 is 9.47 Å². The lowest BCUT2D eigenvalue weighted by molar-refractivity contribution is -0.286. The second-order valence-corrected chi connectivity index (χ2v) is 5.99. The van der Waals surface area contributed by atoms with Crippen molar-refractivity contribution in [2.24, 2.45) is 0 Å². The molecule has 0 aliphatic carbocycles. The molecule has 1 aromatic rings. The highest BCUT2D eigenvalue weighted by Gasteiger charge is 2.54. The van der Waals surface area contributed by atoms with E-state index in [2.05, 4.69) is 9.47 Å². The molecule has 2 saturated heterocycles. The number of aliphatic hydroxyl groups is 1. The van der Waals surface area contributed by atoms with Crippen LogP contribution in [0.15, 0.2) is 24.3 Å². The monoisotopic (exact) mass is 377 g/mol. The van der Waals surface area contributed by atoms with E-state index in [9.17, 15) is 18.0 Å². The minimum Gasteiger partial charge on any atom is -0.468 e. The van der Waals surface area contributed by atoms with E-state index in [0.29, 0.717) is 13.0 Å². The van der Waals surface area contributed by atoms with Gasteiger partial charge in [-0.1, -0.05) is 12.1 Å². The Labute approximate surface area is 149 Å². The third kappa shape index (κ3) is 4.04. The van der Waals surface area contributed by atoms with Crippen LogP contribution in [0.1, 0.15) is 19.3 Å².